The summed E-state index contributed by atoms with van der Waals surface area (Å²) in [7, 11) is 0. The Bertz CT molecular complexity index is 591. The minimum absolute atomic E-state index is 0.104. The van der Waals surface area contributed by atoms with E-state index in [9.17, 15) is 4.79 Å². The largest absolute Gasteiger partial charge is 0.322 e. The first-order valence-electron chi connectivity index (χ1n) is 5.87. The van der Waals surface area contributed by atoms with Crippen LogP contribution in [0.5, 0.6) is 0 Å². The summed E-state index contributed by atoms with van der Waals surface area (Å²) in [6, 6.07) is 9.45. The number of aromatic nitrogens is 1. The van der Waals surface area contributed by atoms with Crippen LogP contribution in [0.3, 0.4) is 0 Å². The zero-order valence-corrected chi connectivity index (χ0v) is 10.8. The molecule has 0 atom stereocenters. The first-order chi connectivity index (χ1) is 8.56. The number of benzene rings is 1. The first kappa shape index (κ1) is 12.3. The summed E-state index contributed by atoms with van der Waals surface area (Å²) in [5.41, 5.74) is 4.56. The predicted molar refractivity (Wildman–Crippen MR) is 72.8 cm³/mol. The minimum atomic E-state index is -0.104. The molecular formula is C15H16N2O. The molecule has 0 fully saturated rings. The lowest BCUT2D eigenvalue weighted by atomic mass is 10.1. The highest BCUT2D eigenvalue weighted by Gasteiger charge is 2.07. The van der Waals surface area contributed by atoms with Crippen LogP contribution in [0.25, 0.3) is 0 Å². The van der Waals surface area contributed by atoms with Crippen LogP contribution in [-0.2, 0) is 0 Å². The number of rotatable bonds is 2. The van der Waals surface area contributed by atoms with Crippen LogP contribution in [0.4, 0.5) is 5.69 Å². The van der Waals surface area contributed by atoms with Gasteiger partial charge < -0.3 is 5.32 Å². The molecular weight excluding hydrogens is 224 g/mol. The van der Waals surface area contributed by atoms with Gasteiger partial charge in [0.1, 0.15) is 0 Å². The molecule has 0 bridgehead atoms. The molecule has 2 aromatic rings. The first-order valence-corrected chi connectivity index (χ1v) is 5.87. The maximum atomic E-state index is 12.1. The SMILES string of the molecule is Cc1ccc(NC(=O)c2ccnc(C)c2)c(C)c1. The van der Waals surface area contributed by atoms with E-state index in [0.717, 1.165) is 16.9 Å². The van der Waals surface area contributed by atoms with Crippen LogP contribution in [0.1, 0.15) is 27.2 Å². The molecule has 0 aliphatic carbocycles. The molecule has 0 spiro atoms. The number of amides is 1. The topological polar surface area (TPSA) is 42.0 Å². The molecule has 0 unspecified atom stereocenters. The minimum Gasteiger partial charge on any atom is -0.322 e. The molecule has 0 aliphatic rings. The van der Waals surface area contributed by atoms with Gasteiger partial charge in [0, 0.05) is 23.1 Å². The van der Waals surface area contributed by atoms with Crippen molar-refractivity contribution >= 4 is 11.6 Å². The summed E-state index contributed by atoms with van der Waals surface area (Å²) in [5, 5.41) is 2.91. The number of hydrogen-bond acceptors (Lipinski definition) is 2. The number of carbonyl (C=O) groups is 1. The number of anilines is 1. The Labute approximate surface area is 107 Å². The van der Waals surface area contributed by atoms with Gasteiger partial charge in [0.15, 0.2) is 0 Å². The van der Waals surface area contributed by atoms with Crippen molar-refractivity contribution in [3.63, 3.8) is 0 Å². The Balaban J connectivity index is 2.21. The molecule has 92 valence electrons. The Morgan fingerprint density at radius 1 is 1.11 bits per heavy atom. The molecule has 1 aromatic heterocycles. The fourth-order valence-corrected chi connectivity index (χ4v) is 1.84. The van der Waals surface area contributed by atoms with Crippen LogP contribution in [0.15, 0.2) is 36.5 Å². The van der Waals surface area contributed by atoms with E-state index in [4.69, 9.17) is 0 Å². The molecule has 1 aromatic carbocycles. The average molecular weight is 240 g/mol. The maximum Gasteiger partial charge on any atom is 0.255 e. The van der Waals surface area contributed by atoms with E-state index in [-0.39, 0.29) is 5.91 Å². The van der Waals surface area contributed by atoms with E-state index < -0.39 is 0 Å². The van der Waals surface area contributed by atoms with E-state index >= 15 is 0 Å². The van der Waals surface area contributed by atoms with Crippen molar-refractivity contribution in [1.29, 1.82) is 0 Å². The van der Waals surface area contributed by atoms with Crippen LogP contribution >= 0.6 is 0 Å². The highest BCUT2D eigenvalue weighted by atomic mass is 16.1. The quantitative estimate of drug-likeness (QED) is 0.875. The molecule has 1 N–H and O–H groups in total. The second kappa shape index (κ2) is 5.00. The Morgan fingerprint density at radius 3 is 2.56 bits per heavy atom. The lowest BCUT2D eigenvalue weighted by molar-refractivity contribution is 0.102. The van der Waals surface area contributed by atoms with Gasteiger partial charge >= 0.3 is 0 Å². The van der Waals surface area contributed by atoms with Crippen molar-refractivity contribution in [2.24, 2.45) is 0 Å². The predicted octanol–water partition coefficient (Wildman–Crippen LogP) is 3.26. The average Bonchev–Trinajstić information content (AvgIpc) is 2.32. The third-order valence-electron chi connectivity index (χ3n) is 2.79. The molecule has 2 rings (SSSR count). The van der Waals surface area contributed by atoms with Crippen molar-refractivity contribution in [1.82, 2.24) is 4.98 Å². The van der Waals surface area contributed by atoms with Crippen LogP contribution < -0.4 is 5.32 Å². The van der Waals surface area contributed by atoms with E-state index in [1.165, 1.54) is 5.56 Å². The summed E-state index contributed by atoms with van der Waals surface area (Å²) in [5.74, 6) is -0.104. The second-order valence-electron chi connectivity index (χ2n) is 4.46. The third-order valence-corrected chi connectivity index (χ3v) is 2.79. The maximum absolute atomic E-state index is 12.1. The van der Waals surface area contributed by atoms with Crippen molar-refractivity contribution in [2.75, 3.05) is 5.32 Å². The van der Waals surface area contributed by atoms with E-state index in [1.54, 1.807) is 18.3 Å². The zero-order chi connectivity index (χ0) is 13.1. The van der Waals surface area contributed by atoms with Crippen molar-refractivity contribution < 1.29 is 4.79 Å². The summed E-state index contributed by atoms with van der Waals surface area (Å²) >= 11 is 0. The molecule has 0 aliphatic heterocycles. The lowest BCUT2D eigenvalue weighted by Crippen LogP contribution is -2.13. The van der Waals surface area contributed by atoms with E-state index in [0.29, 0.717) is 5.56 Å². The van der Waals surface area contributed by atoms with Crippen molar-refractivity contribution in [3.8, 4) is 0 Å². The Hall–Kier alpha value is -2.16. The molecule has 3 heteroatoms. The van der Waals surface area contributed by atoms with Gasteiger partial charge in [0.05, 0.1) is 0 Å². The van der Waals surface area contributed by atoms with E-state index in [1.807, 2.05) is 39.0 Å². The fraction of sp³-hybridized carbons (Fsp3) is 0.200. The lowest BCUT2D eigenvalue weighted by Gasteiger charge is -2.09. The van der Waals surface area contributed by atoms with Gasteiger partial charge in [-0.3, -0.25) is 9.78 Å². The van der Waals surface area contributed by atoms with E-state index in [2.05, 4.69) is 10.3 Å². The molecule has 0 saturated carbocycles. The summed E-state index contributed by atoms with van der Waals surface area (Å²) in [4.78, 5) is 16.1. The molecule has 1 heterocycles. The number of pyridine rings is 1. The van der Waals surface area contributed by atoms with Gasteiger partial charge in [-0.2, -0.15) is 0 Å². The van der Waals surface area contributed by atoms with Gasteiger partial charge in [-0.05, 0) is 44.5 Å². The smallest absolute Gasteiger partial charge is 0.255 e. The standard InChI is InChI=1S/C15H16N2O/c1-10-4-5-14(11(2)8-10)17-15(18)13-6-7-16-12(3)9-13/h4-9H,1-3H3,(H,17,18). The molecule has 1 amide bonds. The van der Waals surface area contributed by atoms with Gasteiger partial charge in [-0.1, -0.05) is 17.7 Å². The normalized spacial score (nSPS) is 10.2. The molecule has 18 heavy (non-hydrogen) atoms. The van der Waals surface area contributed by atoms with Crippen LogP contribution in [0.2, 0.25) is 0 Å². The summed E-state index contributed by atoms with van der Waals surface area (Å²) in [6.45, 7) is 5.89. The highest BCUT2D eigenvalue weighted by Crippen LogP contribution is 2.17. The Kier molecular flexibility index (Phi) is 3.42. The monoisotopic (exact) mass is 240 g/mol. The van der Waals surface area contributed by atoms with Crippen LogP contribution in [0, 0.1) is 20.8 Å². The van der Waals surface area contributed by atoms with Gasteiger partial charge in [0.25, 0.3) is 5.91 Å². The fourth-order valence-electron chi connectivity index (χ4n) is 1.84. The van der Waals surface area contributed by atoms with Gasteiger partial charge in [-0.15, -0.1) is 0 Å². The number of nitrogens with one attached hydrogen (secondary N) is 1. The number of aryl methyl sites for hydroxylation is 3. The number of hydrogen-bond donors (Lipinski definition) is 1. The van der Waals surface area contributed by atoms with Crippen LogP contribution in [-0.4, -0.2) is 10.9 Å². The number of nitrogens with zero attached hydrogens (tertiary/aromatic N) is 1. The van der Waals surface area contributed by atoms with Crippen molar-refractivity contribution in [2.45, 2.75) is 20.8 Å². The number of carbonyl (C=O) groups excluding carboxylic acids is 1. The molecule has 3 nitrogen and oxygen atoms in total. The van der Waals surface area contributed by atoms with Crippen molar-refractivity contribution in [3.05, 3.63) is 58.9 Å². The van der Waals surface area contributed by atoms with Gasteiger partial charge in [0.2, 0.25) is 0 Å². The summed E-state index contributed by atoms with van der Waals surface area (Å²) in [6.07, 6.45) is 1.65. The third kappa shape index (κ3) is 2.74. The highest BCUT2D eigenvalue weighted by molar-refractivity contribution is 6.04. The Morgan fingerprint density at radius 2 is 1.89 bits per heavy atom. The molecule has 0 radical (unpaired) electrons. The second-order valence-corrected chi connectivity index (χ2v) is 4.46. The van der Waals surface area contributed by atoms with Gasteiger partial charge in [-0.25, -0.2) is 0 Å². The summed E-state index contributed by atoms with van der Waals surface area (Å²) < 4.78 is 0. The zero-order valence-electron chi connectivity index (χ0n) is 10.8. The molecule has 0 saturated heterocycles.